The molecule has 0 amide bonds. The van der Waals surface area contributed by atoms with Gasteiger partial charge < -0.3 is 9.13 Å². The van der Waals surface area contributed by atoms with Gasteiger partial charge in [-0.15, -0.1) is 11.3 Å². The Morgan fingerprint density at radius 2 is 0.906 bits per heavy atom. The van der Waals surface area contributed by atoms with E-state index in [4.69, 9.17) is 0 Å². The molecule has 0 fully saturated rings. The van der Waals surface area contributed by atoms with Gasteiger partial charge in [0, 0.05) is 54.5 Å². The van der Waals surface area contributed by atoms with E-state index in [0.717, 1.165) is 0 Å². The van der Waals surface area contributed by atoms with Crippen molar-refractivity contribution in [1.29, 1.82) is 0 Å². The van der Waals surface area contributed by atoms with Crippen molar-refractivity contribution in [2.45, 2.75) is 11.8 Å². The lowest BCUT2D eigenvalue weighted by atomic mass is 9.59. The Morgan fingerprint density at radius 1 is 0.358 bits per heavy atom. The van der Waals surface area contributed by atoms with Gasteiger partial charge in [-0.05, 0) is 81.9 Å². The summed E-state index contributed by atoms with van der Waals surface area (Å²) in [7, 11) is 0. The molecule has 2 bridgehead atoms. The van der Waals surface area contributed by atoms with Gasteiger partial charge in [0.1, 0.15) is 0 Å². The molecule has 11 aromatic rings. The molecular formula is C50H30N2S. The van der Waals surface area contributed by atoms with Crippen molar-refractivity contribution in [3.8, 4) is 11.4 Å². The fraction of sp³-hybridized carbons (Fsp3) is 0.0400. The molecule has 0 spiro atoms. The summed E-state index contributed by atoms with van der Waals surface area (Å²) in [5.74, 6) is 0.269. The van der Waals surface area contributed by atoms with Crippen LogP contribution in [0.2, 0.25) is 0 Å². The zero-order valence-corrected chi connectivity index (χ0v) is 29.4. The van der Waals surface area contributed by atoms with Crippen molar-refractivity contribution in [2.24, 2.45) is 0 Å². The summed E-state index contributed by atoms with van der Waals surface area (Å²) in [4.78, 5) is 0. The average Bonchev–Trinajstić information content (AvgIpc) is 3.89. The van der Waals surface area contributed by atoms with Gasteiger partial charge in [-0.3, -0.25) is 0 Å². The quantitative estimate of drug-likeness (QED) is 0.171. The van der Waals surface area contributed by atoms with Gasteiger partial charge >= 0.3 is 0 Å². The van der Waals surface area contributed by atoms with Crippen LogP contribution in [0.4, 0.5) is 0 Å². The molecular weight excluding hydrogens is 661 g/mol. The molecule has 2 atom stereocenters. The van der Waals surface area contributed by atoms with E-state index in [-0.39, 0.29) is 11.8 Å². The first-order valence-corrected chi connectivity index (χ1v) is 19.3. The Kier molecular flexibility index (Phi) is 5.39. The lowest BCUT2D eigenvalue weighted by Crippen LogP contribution is -2.28. The van der Waals surface area contributed by atoms with Crippen LogP contribution in [-0.2, 0) is 0 Å². The van der Waals surface area contributed by atoms with Gasteiger partial charge in [0.15, 0.2) is 0 Å². The molecule has 3 aliphatic carbocycles. The second-order valence-corrected chi connectivity index (χ2v) is 15.8. The standard InChI is InChI=1S/C50H30N2S/c1-2-13-29(14-3-1)51-38-21-9-6-18-34(38)45-40(51)27-25-36-44-31-16-4-5-17-32(31)47(48(36)45)49-37(44)26-28-41-46(49)35-19-7-10-22-39(35)52(41)42-23-12-20-33-30-15-8-11-24-43(30)53-50(33)42/h1-28,44,47H. The minimum absolute atomic E-state index is 0.100. The Balaban J connectivity index is 1.18. The number of benzene rings is 8. The van der Waals surface area contributed by atoms with Gasteiger partial charge in [-0.2, -0.15) is 0 Å². The van der Waals surface area contributed by atoms with Gasteiger partial charge in [0.25, 0.3) is 0 Å². The monoisotopic (exact) mass is 690 g/mol. The van der Waals surface area contributed by atoms with Crippen LogP contribution in [0.15, 0.2) is 170 Å². The van der Waals surface area contributed by atoms with E-state index in [0.29, 0.717) is 0 Å². The van der Waals surface area contributed by atoms with Crippen molar-refractivity contribution < 1.29 is 0 Å². The molecule has 246 valence electrons. The highest BCUT2D eigenvalue weighted by molar-refractivity contribution is 7.26. The lowest BCUT2D eigenvalue weighted by Gasteiger charge is -2.43. The molecule has 0 saturated carbocycles. The van der Waals surface area contributed by atoms with Crippen molar-refractivity contribution in [1.82, 2.24) is 9.13 Å². The molecule has 3 heterocycles. The molecule has 0 saturated heterocycles. The highest BCUT2D eigenvalue weighted by atomic mass is 32.1. The number of aromatic nitrogens is 2. The predicted molar refractivity (Wildman–Crippen MR) is 223 cm³/mol. The normalized spacial score (nSPS) is 15.9. The zero-order valence-electron chi connectivity index (χ0n) is 28.6. The number of fused-ring (bicyclic) bond motifs is 9. The molecule has 14 rings (SSSR count). The Labute approximate surface area is 309 Å². The third-order valence-electron chi connectivity index (χ3n) is 12.3. The zero-order chi connectivity index (χ0) is 34.4. The Bertz CT molecular complexity index is 3360. The van der Waals surface area contributed by atoms with Crippen molar-refractivity contribution in [3.05, 3.63) is 203 Å². The second-order valence-electron chi connectivity index (χ2n) is 14.7. The summed E-state index contributed by atoms with van der Waals surface area (Å²) in [5, 5.41) is 8.06. The minimum Gasteiger partial charge on any atom is -0.309 e. The first-order chi connectivity index (χ1) is 26.3. The number of hydrogen-bond acceptors (Lipinski definition) is 1. The van der Waals surface area contributed by atoms with E-state index in [1.807, 2.05) is 11.3 Å². The molecule has 8 aromatic carbocycles. The molecule has 2 unspecified atom stereocenters. The van der Waals surface area contributed by atoms with E-state index in [1.165, 1.54) is 109 Å². The van der Waals surface area contributed by atoms with E-state index in [9.17, 15) is 0 Å². The summed E-state index contributed by atoms with van der Waals surface area (Å²) in [5.41, 5.74) is 16.2. The van der Waals surface area contributed by atoms with Gasteiger partial charge in [0.2, 0.25) is 0 Å². The fourth-order valence-corrected chi connectivity index (χ4v) is 11.6. The molecule has 0 aliphatic heterocycles. The SMILES string of the molecule is c1ccc(-n2c3ccccc3c3c4c(ccc32)C2c3ccccc3C4c3c2ccc2c3c3ccccc3n2-c2cccc3c2sc2ccccc23)cc1. The smallest absolute Gasteiger partial charge is 0.0640 e. The van der Waals surface area contributed by atoms with Crippen LogP contribution in [0.5, 0.6) is 0 Å². The summed E-state index contributed by atoms with van der Waals surface area (Å²) >= 11 is 1.91. The summed E-state index contributed by atoms with van der Waals surface area (Å²) in [6.07, 6.45) is 0. The minimum atomic E-state index is 0.100. The van der Waals surface area contributed by atoms with Crippen LogP contribution in [-0.4, -0.2) is 9.13 Å². The molecule has 0 radical (unpaired) electrons. The number of nitrogens with zero attached hydrogens (tertiary/aromatic N) is 2. The first kappa shape index (κ1) is 28.2. The van der Waals surface area contributed by atoms with Gasteiger partial charge in [-0.1, -0.05) is 121 Å². The largest absolute Gasteiger partial charge is 0.309 e. The maximum atomic E-state index is 2.56. The van der Waals surface area contributed by atoms with E-state index < -0.39 is 0 Å². The van der Waals surface area contributed by atoms with Crippen LogP contribution in [0.25, 0.3) is 75.2 Å². The first-order valence-electron chi connectivity index (χ1n) is 18.5. The molecule has 2 nitrogen and oxygen atoms in total. The molecule has 3 aliphatic rings. The predicted octanol–water partition coefficient (Wildman–Crippen LogP) is 13.2. The maximum absolute atomic E-state index is 2.56. The van der Waals surface area contributed by atoms with Crippen molar-refractivity contribution in [2.75, 3.05) is 0 Å². The lowest BCUT2D eigenvalue weighted by molar-refractivity contribution is 0.768. The van der Waals surface area contributed by atoms with Crippen LogP contribution in [0.3, 0.4) is 0 Å². The maximum Gasteiger partial charge on any atom is 0.0640 e. The van der Waals surface area contributed by atoms with Crippen molar-refractivity contribution in [3.63, 3.8) is 0 Å². The molecule has 53 heavy (non-hydrogen) atoms. The van der Waals surface area contributed by atoms with Crippen molar-refractivity contribution >= 4 is 75.1 Å². The number of thiophene rings is 1. The van der Waals surface area contributed by atoms with Crippen LogP contribution in [0, 0.1) is 0 Å². The van der Waals surface area contributed by atoms with Gasteiger partial charge in [0.05, 0.1) is 32.5 Å². The van der Waals surface area contributed by atoms with E-state index >= 15 is 0 Å². The third-order valence-corrected chi connectivity index (χ3v) is 13.5. The topological polar surface area (TPSA) is 9.86 Å². The van der Waals surface area contributed by atoms with E-state index in [2.05, 4.69) is 179 Å². The summed E-state index contributed by atoms with van der Waals surface area (Å²) < 4.78 is 7.69. The second kappa shape index (κ2) is 10.1. The van der Waals surface area contributed by atoms with E-state index in [1.54, 1.807) is 0 Å². The number of rotatable bonds is 2. The van der Waals surface area contributed by atoms with Crippen LogP contribution < -0.4 is 0 Å². The highest BCUT2D eigenvalue weighted by Gasteiger charge is 2.44. The Morgan fingerprint density at radius 3 is 1.62 bits per heavy atom. The van der Waals surface area contributed by atoms with Crippen LogP contribution >= 0.6 is 11.3 Å². The molecule has 3 aromatic heterocycles. The number of hydrogen-bond donors (Lipinski definition) is 0. The van der Waals surface area contributed by atoms with Crippen LogP contribution in [0.1, 0.15) is 45.2 Å². The summed E-state index contributed by atoms with van der Waals surface area (Å²) in [6.45, 7) is 0. The van der Waals surface area contributed by atoms with Gasteiger partial charge in [-0.25, -0.2) is 0 Å². The molecule has 3 heteroatoms. The number of para-hydroxylation sites is 3. The fourth-order valence-electron chi connectivity index (χ4n) is 10.3. The average molecular weight is 691 g/mol. The third kappa shape index (κ3) is 3.49. The molecule has 0 N–H and O–H groups in total. The highest BCUT2D eigenvalue weighted by Crippen LogP contribution is 2.60. The Hall–Kier alpha value is -6.42. The summed E-state index contributed by atoms with van der Waals surface area (Å²) in [6, 6.07) is 63.7.